The van der Waals surface area contributed by atoms with Crippen LogP contribution in [0.2, 0.25) is 0 Å². The lowest BCUT2D eigenvalue weighted by Crippen LogP contribution is -3.00. The molecule has 0 aliphatic carbocycles. The Balaban J connectivity index is 0.00000256. The van der Waals surface area contributed by atoms with E-state index in [1.54, 1.807) is 41.0 Å². The molecule has 30 heavy (non-hydrogen) atoms. The molecule has 1 aliphatic heterocycles. The Hall–Kier alpha value is -3.44. The SMILES string of the molecule is CCOc1ccc2c(c1)O/C(=C\c1cc[n+](CC(=O)c3ccccc3)cc1)C2=O.[Cl-]. The van der Waals surface area contributed by atoms with Crippen LogP contribution in [0, 0.1) is 0 Å². The number of Topliss-reactive ketones (excluding diaryl/α,β-unsaturated/α-hetero) is 2. The quantitative estimate of drug-likeness (QED) is 0.337. The molecule has 3 aromatic rings. The molecule has 0 amide bonds. The number of hydrogen-bond donors (Lipinski definition) is 0. The predicted molar refractivity (Wildman–Crippen MR) is 108 cm³/mol. The van der Waals surface area contributed by atoms with E-state index in [0.29, 0.717) is 29.2 Å². The number of benzene rings is 2. The highest BCUT2D eigenvalue weighted by molar-refractivity contribution is 6.14. The molecule has 0 saturated carbocycles. The fourth-order valence-electron chi connectivity index (χ4n) is 3.13. The maximum atomic E-state index is 12.6. The van der Waals surface area contributed by atoms with Crippen LogP contribution >= 0.6 is 0 Å². The summed E-state index contributed by atoms with van der Waals surface area (Å²) < 4.78 is 13.0. The van der Waals surface area contributed by atoms with Gasteiger partial charge in [-0.15, -0.1) is 0 Å². The monoisotopic (exact) mass is 421 g/mol. The van der Waals surface area contributed by atoms with Crippen LogP contribution in [0.4, 0.5) is 0 Å². The molecule has 0 spiro atoms. The molecule has 1 aromatic heterocycles. The van der Waals surface area contributed by atoms with Crippen molar-refractivity contribution < 1.29 is 36.0 Å². The first-order valence-corrected chi connectivity index (χ1v) is 9.42. The number of rotatable bonds is 6. The first-order valence-electron chi connectivity index (χ1n) is 9.42. The summed E-state index contributed by atoms with van der Waals surface area (Å²) in [5, 5.41) is 0. The smallest absolute Gasteiger partial charge is 0.231 e. The lowest BCUT2D eigenvalue weighted by molar-refractivity contribution is -0.683. The van der Waals surface area contributed by atoms with Gasteiger partial charge in [-0.1, -0.05) is 30.3 Å². The number of carbonyl (C=O) groups excluding carboxylic acids is 2. The van der Waals surface area contributed by atoms with E-state index in [-0.39, 0.29) is 36.3 Å². The first-order chi connectivity index (χ1) is 14.1. The van der Waals surface area contributed by atoms with Crippen molar-refractivity contribution in [1.82, 2.24) is 0 Å². The Morgan fingerprint density at radius 3 is 2.50 bits per heavy atom. The zero-order valence-electron chi connectivity index (χ0n) is 16.4. The number of allylic oxidation sites excluding steroid dienone is 1. The van der Waals surface area contributed by atoms with E-state index in [1.807, 2.05) is 49.6 Å². The number of hydrogen-bond acceptors (Lipinski definition) is 4. The van der Waals surface area contributed by atoms with Crippen LogP contribution in [-0.4, -0.2) is 18.2 Å². The van der Waals surface area contributed by atoms with E-state index >= 15 is 0 Å². The zero-order valence-corrected chi connectivity index (χ0v) is 17.1. The van der Waals surface area contributed by atoms with Gasteiger partial charge in [-0.25, -0.2) is 0 Å². The third kappa shape index (κ3) is 4.58. The van der Waals surface area contributed by atoms with Crippen LogP contribution in [-0.2, 0) is 6.54 Å². The number of nitrogens with zero attached hydrogens (tertiary/aromatic N) is 1. The van der Waals surface area contributed by atoms with Crippen molar-refractivity contribution in [3.05, 3.63) is 95.5 Å². The van der Waals surface area contributed by atoms with Crippen molar-refractivity contribution in [2.45, 2.75) is 13.5 Å². The molecule has 0 N–H and O–H groups in total. The second kappa shape index (κ2) is 9.37. The molecule has 1 aliphatic rings. The van der Waals surface area contributed by atoms with E-state index in [1.165, 1.54) is 0 Å². The van der Waals surface area contributed by atoms with E-state index in [9.17, 15) is 9.59 Å². The molecule has 5 nitrogen and oxygen atoms in total. The molecule has 0 radical (unpaired) electrons. The average Bonchev–Trinajstić information content (AvgIpc) is 3.05. The lowest BCUT2D eigenvalue weighted by atomic mass is 10.1. The number of carbonyl (C=O) groups is 2. The normalized spacial score (nSPS) is 13.4. The number of aromatic nitrogens is 1. The summed E-state index contributed by atoms with van der Waals surface area (Å²) in [6.07, 6.45) is 5.33. The van der Waals surface area contributed by atoms with Crippen LogP contribution in [0.1, 0.15) is 33.2 Å². The second-order valence-electron chi connectivity index (χ2n) is 6.62. The zero-order chi connectivity index (χ0) is 20.2. The van der Waals surface area contributed by atoms with Gasteiger partial charge in [0, 0.05) is 23.8 Å². The molecular formula is C24H20ClNO4. The van der Waals surface area contributed by atoms with Crippen molar-refractivity contribution in [2.24, 2.45) is 0 Å². The van der Waals surface area contributed by atoms with Crippen molar-refractivity contribution in [3.63, 3.8) is 0 Å². The van der Waals surface area contributed by atoms with E-state index in [0.717, 1.165) is 5.56 Å². The molecule has 0 atom stereocenters. The summed E-state index contributed by atoms with van der Waals surface area (Å²) in [7, 11) is 0. The predicted octanol–water partition coefficient (Wildman–Crippen LogP) is 0.876. The highest BCUT2D eigenvalue weighted by Crippen LogP contribution is 2.34. The van der Waals surface area contributed by atoms with Crippen LogP contribution in [0.3, 0.4) is 0 Å². The highest BCUT2D eigenvalue weighted by atomic mass is 35.5. The number of halogens is 1. The topological polar surface area (TPSA) is 56.5 Å². The summed E-state index contributed by atoms with van der Waals surface area (Å²) in [5.74, 6) is 1.33. The van der Waals surface area contributed by atoms with Gasteiger partial charge in [-0.2, -0.15) is 4.57 Å². The minimum Gasteiger partial charge on any atom is -1.00 e. The molecule has 0 unspecified atom stereocenters. The molecule has 0 saturated heterocycles. The Morgan fingerprint density at radius 2 is 1.80 bits per heavy atom. The van der Waals surface area contributed by atoms with Crippen molar-refractivity contribution in [3.8, 4) is 11.5 Å². The standard InChI is InChI=1S/C24H20NO4.ClH/c1-2-28-19-8-9-20-22(15-19)29-23(24(20)27)14-17-10-12-25(13-11-17)16-21(26)18-6-4-3-5-7-18;/h3-15H,2,16H2,1H3;1H/q+1;/p-1/b23-14-;. The molecule has 152 valence electrons. The number of fused-ring (bicyclic) bond motifs is 1. The fourth-order valence-corrected chi connectivity index (χ4v) is 3.13. The van der Waals surface area contributed by atoms with Gasteiger partial charge in [0.2, 0.25) is 18.1 Å². The first kappa shape index (κ1) is 21.3. The molecule has 2 aromatic carbocycles. The van der Waals surface area contributed by atoms with Gasteiger partial charge in [0.15, 0.2) is 18.2 Å². The van der Waals surface area contributed by atoms with Crippen molar-refractivity contribution >= 4 is 17.6 Å². The van der Waals surface area contributed by atoms with Crippen LogP contribution in [0.15, 0.2) is 78.8 Å². The Morgan fingerprint density at radius 1 is 1.07 bits per heavy atom. The molecule has 6 heteroatoms. The largest absolute Gasteiger partial charge is 1.00 e. The van der Waals surface area contributed by atoms with Gasteiger partial charge >= 0.3 is 0 Å². The third-order valence-electron chi connectivity index (χ3n) is 4.59. The van der Waals surface area contributed by atoms with Crippen molar-refractivity contribution in [2.75, 3.05) is 6.61 Å². The van der Waals surface area contributed by atoms with E-state index in [4.69, 9.17) is 9.47 Å². The summed E-state index contributed by atoms with van der Waals surface area (Å²) in [4.78, 5) is 24.9. The van der Waals surface area contributed by atoms with Crippen LogP contribution in [0.5, 0.6) is 11.5 Å². The van der Waals surface area contributed by atoms with Crippen LogP contribution in [0.25, 0.3) is 6.08 Å². The summed E-state index contributed by atoms with van der Waals surface area (Å²) in [5.41, 5.74) is 2.02. The highest BCUT2D eigenvalue weighted by Gasteiger charge is 2.27. The van der Waals surface area contributed by atoms with Crippen LogP contribution < -0.4 is 26.4 Å². The Labute approximate surface area is 181 Å². The van der Waals surface area contributed by atoms with Gasteiger partial charge in [-0.3, -0.25) is 9.59 Å². The Bertz CT molecular complexity index is 1090. The molecule has 0 fully saturated rings. The summed E-state index contributed by atoms with van der Waals surface area (Å²) >= 11 is 0. The molecule has 2 heterocycles. The number of ether oxygens (including phenoxy) is 2. The fraction of sp³-hybridized carbons (Fsp3) is 0.125. The van der Waals surface area contributed by atoms with E-state index in [2.05, 4.69) is 0 Å². The summed E-state index contributed by atoms with van der Waals surface area (Å²) in [6, 6.07) is 18.1. The molecule has 0 bridgehead atoms. The third-order valence-corrected chi connectivity index (χ3v) is 4.59. The lowest BCUT2D eigenvalue weighted by Gasteiger charge is -2.03. The minimum absolute atomic E-state index is 0. The maximum Gasteiger partial charge on any atom is 0.231 e. The average molecular weight is 422 g/mol. The second-order valence-corrected chi connectivity index (χ2v) is 6.62. The summed E-state index contributed by atoms with van der Waals surface area (Å²) in [6.45, 7) is 2.70. The van der Waals surface area contributed by atoms with E-state index < -0.39 is 0 Å². The van der Waals surface area contributed by atoms with Gasteiger partial charge in [-0.05, 0) is 30.7 Å². The van der Waals surface area contributed by atoms with Gasteiger partial charge in [0.25, 0.3) is 0 Å². The number of ketones is 2. The van der Waals surface area contributed by atoms with Gasteiger partial charge in [0.1, 0.15) is 11.5 Å². The van der Waals surface area contributed by atoms with Crippen molar-refractivity contribution in [1.29, 1.82) is 0 Å². The maximum absolute atomic E-state index is 12.6. The molecular weight excluding hydrogens is 402 g/mol. The number of pyridine rings is 1. The molecule has 4 rings (SSSR count). The minimum atomic E-state index is -0.154. The Kier molecular flexibility index (Phi) is 6.65. The van der Waals surface area contributed by atoms with Gasteiger partial charge < -0.3 is 21.9 Å². The van der Waals surface area contributed by atoms with Gasteiger partial charge in [0.05, 0.1) is 12.2 Å².